The molecule has 0 atom stereocenters. The first-order valence-corrected chi connectivity index (χ1v) is 8.59. The number of nitrogens with zero attached hydrogens (tertiary/aromatic N) is 1. The van der Waals surface area contributed by atoms with E-state index in [0.717, 1.165) is 24.1 Å². The number of ether oxygens (including phenoxy) is 1. The molecule has 1 heterocycles. The number of halogens is 1. The van der Waals surface area contributed by atoms with E-state index in [2.05, 4.69) is 10.6 Å². The minimum atomic E-state index is -0.277. The Hall–Kier alpha value is -1.95. The first kappa shape index (κ1) is 18.4. The third-order valence-corrected chi connectivity index (χ3v) is 4.50. The van der Waals surface area contributed by atoms with Gasteiger partial charge in [0.25, 0.3) is 0 Å². The molecule has 0 aromatic heterocycles. The van der Waals surface area contributed by atoms with Crippen LogP contribution in [0.5, 0.6) is 0 Å². The molecule has 0 saturated carbocycles. The number of benzene rings is 1. The van der Waals surface area contributed by atoms with Gasteiger partial charge in [0.2, 0.25) is 5.91 Å². The summed E-state index contributed by atoms with van der Waals surface area (Å²) in [5.74, 6) is -0.0658. The standard InChI is InChI=1S/C17H24ClN3O3/c1-3-24-17(23)21-9-7-13(8-10-21)20-16(22)11-19-15-6-4-5-14(18)12(15)2/h4-6,13,19H,3,7-11H2,1-2H3,(H,20,22). The molecule has 1 aromatic rings. The maximum absolute atomic E-state index is 12.1. The number of hydrogen-bond acceptors (Lipinski definition) is 4. The van der Waals surface area contributed by atoms with Crippen LogP contribution in [0.2, 0.25) is 5.02 Å². The van der Waals surface area contributed by atoms with Crippen LogP contribution in [-0.4, -0.2) is 49.2 Å². The van der Waals surface area contributed by atoms with E-state index in [1.807, 2.05) is 25.1 Å². The lowest BCUT2D eigenvalue weighted by Gasteiger charge is -2.31. The van der Waals surface area contributed by atoms with E-state index in [4.69, 9.17) is 16.3 Å². The van der Waals surface area contributed by atoms with Crippen LogP contribution in [0, 0.1) is 6.92 Å². The zero-order chi connectivity index (χ0) is 17.5. The van der Waals surface area contributed by atoms with Crippen molar-refractivity contribution in [1.82, 2.24) is 10.2 Å². The third kappa shape index (κ3) is 5.03. The third-order valence-electron chi connectivity index (χ3n) is 4.09. The highest BCUT2D eigenvalue weighted by atomic mass is 35.5. The van der Waals surface area contributed by atoms with Crippen molar-refractivity contribution in [1.29, 1.82) is 0 Å². The lowest BCUT2D eigenvalue weighted by molar-refractivity contribution is -0.120. The van der Waals surface area contributed by atoms with Crippen LogP contribution >= 0.6 is 11.6 Å². The quantitative estimate of drug-likeness (QED) is 0.854. The van der Waals surface area contributed by atoms with Crippen molar-refractivity contribution < 1.29 is 14.3 Å². The van der Waals surface area contributed by atoms with E-state index in [0.29, 0.717) is 24.7 Å². The minimum absolute atomic E-state index is 0.0658. The second kappa shape index (κ2) is 8.78. The SMILES string of the molecule is CCOC(=O)N1CCC(NC(=O)CNc2cccc(Cl)c2C)CC1. The summed E-state index contributed by atoms with van der Waals surface area (Å²) in [6, 6.07) is 5.65. The number of piperidine rings is 1. The lowest BCUT2D eigenvalue weighted by atomic mass is 10.1. The normalized spacial score (nSPS) is 15.0. The molecule has 0 spiro atoms. The van der Waals surface area contributed by atoms with E-state index in [1.165, 1.54) is 0 Å². The number of carbonyl (C=O) groups excluding carboxylic acids is 2. The van der Waals surface area contributed by atoms with Crippen molar-refractivity contribution >= 4 is 29.3 Å². The van der Waals surface area contributed by atoms with Gasteiger partial charge in [-0.25, -0.2) is 4.79 Å². The number of rotatable bonds is 5. The Labute approximate surface area is 147 Å². The first-order chi connectivity index (χ1) is 11.5. The average Bonchev–Trinajstić information content (AvgIpc) is 2.57. The number of hydrogen-bond donors (Lipinski definition) is 2. The van der Waals surface area contributed by atoms with Gasteiger partial charge in [-0.2, -0.15) is 0 Å². The maximum atomic E-state index is 12.1. The Kier molecular flexibility index (Phi) is 6.73. The molecule has 0 radical (unpaired) electrons. The molecule has 1 aliphatic rings. The summed E-state index contributed by atoms with van der Waals surface area (Å²) in [6.45, 7) is 5.48. The molecule has 0 bridgehead atoms. The highest BCUT2D eigenvalue weighted by molar-refractivity contribution is 6.31. The van der Waals surface area contributed by atoms with E-state index in [9.17, 15) is 9.59 Å². The van der Waals surface area contributed by atoms with Crippen LogP contribution < -0.4 is 10.6 Å². The molecule has 2 N–H and O–H groups in total. The van der Waals surface area contributed by atoms with Gasteiger partial charge in [-0.05, 0) is 44.4 Å². The Bertz CT molecular complexity index is 586. The molecule has 1 aliphatic heterocycles. The van der Waals surface area contributed by atoms with Gasteiger partial charge in [0, 0.05) is 29.8 Å². The van der Waals surface area contributed by atoms with Gasteiger partial charge in [-0.3, -0.25) is 4.79 Å². The second-order valence-electron chi connectivity index (χ2n) is 5.79. The fourth-order valence-electron chi connectivity index (χ4n) is 2.67. The van der Waals surface area contributed by atoms with Gasteiger partial charge in [0.05, 0.1) is 13.2 Å². The van der Waals surface area contributed by atoms with Gasteiger partial charge < -0.3 is 20.3 Å². The van der Waals surface area contributed by atoms with Gasteiger partial charge in [0.1, 0.15) is 0 Å². The van der Waals surface area contributed by atoms with Crippen LogP contribution in [0.1, 0.15) is 25.3 Å². The van der Waals surface area contributed by atoms with Gasteiger partial charge >= 0.3 is 6.09 Å². The number of amides is 2. The summed E-state index contributed by atoms with van der Waals surface area (Å²) in [4.78, 5) is 25.4. The van der Waals surface area contributed by atoms with E-state index < -0.39 is 0 Å². The molecular formula is C17H24ClN3O3. The van der Waals surface area contributed by atoms with Gasteiger partial charge in [0.15, 0.2) is 0 Å². The van der Waals surface area contributed by atoms with E-state index in [-0.39, 0.29) is 24.6 Å². The first-order valence-electron chi connectivity index (χ1n) is 8.21. The second-order valence-corrected chi connectivity index (χ2v) is 6.20. The average molecular weight is 354 g/mol. The van der Waals surface area contributed by atoms with Crippen LogP contribution in [-0.2, 0) is 9.53 Å². The minimum Gasteiger partial charge on any atom is -0.450 e. The van der Waals surface area contributed by atoms with E-state index in [1.54, 1.807) is 11.8 Å². The van der Waals surface area contributed by atoms with Crippen LogP contribution in [0.15, 0.2) is 18.2 Å². The molecule has 0 aliphatic carbocycles. The molecule has 132 valence electrons. The summed E-state index contributed by atoms with van der Waals surface area (Å²) >= 11 is 6.06. The number of likely N-dealkylation sites (tertiary alicyclic amines) is 1. The number of carbonyl (C=O) groups is 2. The fraction of sp³-hybridized carbons (Fsp3) is 0.529. The molecule has 24 heavy (non-hydrogen) atoms. The summed E-state index contributed by atoms with van der Waals surface area (Å²) < 4.78 is 4.98. The molecule has 2 amide bonds. The molecule has 0 unspecified atom stereocenters. The maximum Gasteiger partial charge on any atom is 0.409 e. The number of anilines is 1. The molecule has 1 aromatic carbocycles. The van der Waals surface area contributed by atoms with Crippen molar-refractivity contribution in [3.8, 4) is 0 Å². The Morgan fingerprint density at radius 2 is 2.04 bits per heavy atom. The van der Waals surface area contributed by atoms with Crippen molar-refractivity contribution in [2.75, 3.05) is 31.6 Å². The Morgan fingerprint density at radius 3 is 2.71 bits per heavy atom. The zero-order valence-electron chi connectivity index (χ0n) is 14.1. The van der Waals surface area contributed by atoms with Crippen molar-refractivity contribution in [3.05, 3.63) is 28.8 Å². The largest absolute Gasteiger partial charge is 0.450 e. The monoisotopic (exact) mass is 353 g/mol. The Balaban J connectivity index is 1.74. The van der Waals surface area contributed by atoms with Crippen molar-refractivity contribution in [2.45, 2.75) is 32.7 Å². The van der Waals surface area contributed by atoms with Crippen LogP contribution in [0.3, 0.4) is 0 Å². The predicted octanol–water partition coefficient (Wildman–Crippen LogP) is 2.80. The zero-order valence-corrected chi connectivity index (χ0v) is 14.9. The Morgan fingerprint density at radius 1 is 1.33 bits per heavy atom. The summed E-state index contributed by atoms with van der Waals surface area (Å²) in [6.07, 6.45) is 1.20. The summed E-state index contributed by atoms with van der Waals surface area (Å²) in [7, 11) is 0. The highest BCUT2D eigenvalue weighted by Gasteiger charge is 2.24. The van der Waals surface area contributed by atoms with Gasteiger partial charge in [-0.1, -0.05) is 17.7 Å². The van der Waals surface area contributed by atoms with Gasteiger partial charge in [-0.15, -0.1) is 0 Å². The summed E-state index contributed by atoms with van der Waals surface area (Å²) in [5, 5.41) is 6.78. The molecule has 1 fully saturated rings. The van der Waals surface area contributed by atoms with E-state index >= 15 is 0 Å². The molecule has 2 rings (SSSR count). The van der Waals surface area contributed by atoms with Crippen molar-refractivity contribution in [3.63, 3.8) is 0 Å². The fourth-order valence-corrected chi connectivity index (χ4v) is 2.85. The van der Waals surface area contributed by atoms with Crippen LogP contribution in [0.4, 0.5) is 10.5 Å². The summed E-state index contributed by atoms with van der Waals surface area (Å²) in [5.41, 5.74) is 1.78. The lowest BCUT2D eigenvalue weighted by Crippen LogP contribution is -2.47. The molecule has 7 heteroatoms. The van der Waals surface area contributed by atoms with Crippen molar-refractivity contribution in [2.24, 2.45) is 0 Å². The number of nitrogens with one attached hydrogen (secondary N) is 2. The smallest absolute Gasteiger partial charge is 0.409 e. The topological polar surface area (TPSA) is 70.7 Å². The predicted molar refractivity (Wildman–Crippen MR) is 94.4 cm³/mol. The van der Waals surface area contributed by atoms with Crippen LogP contribution in [0.25, 0.3) is 0 Å². The molecule has 6 nitrogen and oxygen atoms in total. The molecule has 1 saturated heterocycles. The highest BCUT2D eigenvalue weighted by Crippen LogP contribution is 2.22. The molecular weight excluding hydrogens is 330 g/mol.